The lowest BCUT2D eigenvalue weighted by Crippen LogP contribution is -2.41. The first-order chi connectivity index (χ1) is 11.6. The van der Waals surface area contributed by atoms with Crippen LogP contribution in [0.5, 0.6) is 0 Å². The molecule has 0 bridgehead atoms. The molecular formula is C16H20FN5OS. The number of H-pyrrole nitrogens is 1. The van der Waals surface area contributed by atoms with Gasteiger partial charge in [-0.25, -0.2) is 9.18 Å². The van der Waals surface area contributed by atoms with E-state index in [0.29, 0.717) is 17.9 Å². The van der Waals surface area contributed by atoms with Crippen molar-refractivity contribution >= 4 is 23.9 Å². The number of hydrogen-bond donors (Lipinski definition) is 2. The Hall–Kier alpha value is -2.22. The summed E-state index contributed by atoms with van der Waals surface area (Å²) in [4.78, 5) is 14.0. The lowest BCUT2D eigenvalue weighted by Gasteiger charge is -2.31. The number of benzene rings is 1. The summed E-state index contributed by atoms with van der Waals surface area (Å²) in [5.41, 5.74) is 0.205. The zero-order valence-electron chi connectivity index (χ0n) is 13.5. The lowest BCUT2D eigenvalue weighted by atomic mass is 9.96. The van der Waals surface area contributed by atoms with E-state index in [1.165, 1.54) is 6.07 Å². The van der Waals surface area contributed by atoms with Crippen LogP contribution < -0.4 is 5.32 Å². The van der Waals surface area contributed by atoms with Gasteiger partial charge in [0.1, 0.15) is 11.6 Å². The van der Waals surface area contributed by atoms with Gasteiger partial charge in [-0.3, -0.25) is 5.10 Å². The molecule has 0 aliphatic carbocycles. The quantitative estimate of drug-likeness (QED) is 0.834. The summed E-state index contributed by atoms with van der Waals surface area (Å²) in [7, 11) is 0. The number of anilines is 1. The fourth-order valence-electron chi connectivity index (χ4n) is 3.04. The van der Waals surface area contributed by atoms with Crippen molar-refractivity contribution in [2.24, 2.45) is 0 Å². The highest BCUT2D eigenvalue weighted by atomic mass is 32.1. The van der Waals surface area contributed by atoms with Gasteiger partial charge in [0.15, 0.2) is 4.77 Å². The van der Waals surface area contributed by atoms with Gasteiger partial charge in [-0.15, -0.1) is 0 Å². The molecule has 1 fully saturated rings. The van der Waals surface area contributed by atoms with E-state index in [9.17, 15) is 9.18 Å². The van der Waals surface area contributed by atoms with E-state index in [1.54, 1.807) is 23.1 Å². The molecule has 2 heterocycles. The molecule has 1 aromatic heterocycles. The normalized spacial score (nSPS) is 15.5. The van der Waals surface area contributed by atoms with Gasteiger partial charge in [0.2, 0.25) is 0 Å². The van der Waals surface area contributed by atoms with Crippen molar-refractivity contribution < 1.29 is 9.18 Å². The van der Waals surface area contributed by atoms with E-state index in [1.807, 2.05) is 11.5 Å². The Kier molecular flexibility index (Phi) is 4.94. The summed E-state index contributed by atoms with van der Waals surface area (Å²) in [6, 6.07) is 5.90. The number of urea groups is 1. The Balaban J connectivity index is 1.61. The van der Waals surface area contributed by atoms with Crippen LogP contribution in [0.1, 0.15) is 31.5 Å². The number of nitrogens with one attached hydrogen (secondary N) is 2. The smallest absolute Gasteiger partial charge is 0.321 e. The zero-order valence-corrected chi connectivity index (χ0v) is 14.3. The fraction of sp³-hybridized carbons (Fsp3) is 0.438. The Labute approximate surface area is 144 Å². The number of carbonyl (C=O) groups excluding carboxylic acids is 1. The number of carbonyl (C=O) groups is 1. The SMILES string of the molecule is CCn1c(C2CCN(C(=O)Nc3ccccc3F)CC2)n[nH]c1=S. The number of rotatable bonds is 3. The van der Waals surface area contributed by atoms with Crippen LogP contribution in [0.4, 0.5) is 14.9 Å². The van der Waals surface area contributed by atoms with Gasteiger partial charge in [0, 0.05) is 25.6 Å². The number of nitrogens with zero attached hydrogens (tertiary/aromatic N) is 3. The molecule has 3 rings (SSSR count). The fourth-order valence-corrected chi connectivity index (χ4v) is 3.31. The molecule has 2 amide bonds. The number of likely N-dealkylation sites (tertiary alicyclic amines) is 1. The topological polar surface area (TPSA) is 66.0 Å². The minimum Gasteiger partial charge on any atom is -0.324 e. The minimum absolute atomic E-state index is 0.205. The van der Waals surface area contributed by atoms with Crippen molar-refractivity contribution in [1.29, 1.82) is 0 Å². The van der Waals surface area contributed by atoms with Crippen LogP contribution in [0.2, 0.25) is 0 Å². The van der Waals surface area contributed by atoms with Gasteiger partial charge in [0.25, 0.3) is 0 Å². The van der Waals surface area contributed by atoms with Crippen molar-refractivity contribution in [3.63, 3.8) is 0 Å². The molecule has 0 atom stereocenters. The summed E-state index contributed by atoms with van der Waals surface area (Å²) >= 11 is 5.23. The van der Waals surface area contributed by atoms with Crippen LogP contribution in [-0.2, 0) is 6.54 Å². The van der Waals surface area contributed by atoms with Crippen LogP contribution in [0, 0.1) is 10.6 Å². The van der Waals surface area contributed by atoms with Gasteiger partial charge in [-0.1, -0.05) is 12.1 Å². The Morgan fingerprint density at radius 2 is 2.12 bits per heavy atom. The van der Waals surface area contributed by atoms with E-state index in [2.05, 4.69) is 15.5 Å². The maximum absolute atomic E-state index is 13.6. The zero-order chi connectivity index (χ0) is 17.1. The van der Waals surface area contributed by atoms with Gasteiger partial charge < -0.3 is 14.8 Å². The molecule has 128 valence electrons. The van der Waals surface area contributed by atoms with Crippen molar-refractivity contribution in [3.8, 4) is 0 Å². The summed E-state index contributed by atoms with van der Waals surface area (Å²) in [6.45, 7) is 4.02. The molecule has 2 aromatic rings. The summed E-state index contributed by atoms with van der Waals surface area (Å²) in [5.74, 6) is 0.797. The third-order valence-electron chi connectivity index (χ3n) is 4.37. The first-order valence-corrected chi connectivity index (χ1v) is 8.46. The highest BCUT2D eigenvalue weighted by Gasteiger charge is 2.27. The number of aromatic amines is 1. The summed E-state index contributed by atoms with van der Waals surface area (Å²) in [5, 5.41) is 9.81. The molecule has 0 saturated carbocycles. The molecule has 0 radical (unpaired) electrons. The van der Waals surface area contributed by atoms with Gasteiger partial charge in [-0.2, -0.15) is 5.10 Å². The number of hydrogen-bond acceptors (Lipinski definition) is 3. The van der Waals surface area contributed by atoms with Gasteiger partial charge in [0.05, 0.1) is 5.69 Å². The molecule has 6 nitrogen and oxygen atoms in total. The van der Waals surface area contributed by atoms with Crippen molar-refractivity contribution in [3.05, 3.63) is 40.7 Å². The van der Waals surface area contributed by atoms with Crippen molar-refractivity contribution in [1.82, 2.24) is 19.7 Å². The first-order valence-electron chi connectivity index (χ1n) is 8.05. The molecule has 2 N–H and O–H groups in total. The molecule has 0 spiro atoms. The predicted molar refractivity (Wildman–Crippen MR) is 92.1 cm³/mol. The van der Waals surface area contributed by atoms with Crippen LogP contribution in [-0.4, -0.2) is 38.8 Å². The maximum Gasteiger partial charge on any atom is 0.321 e. The number of halogens is 1. The molecule has 8 heteroatoms. The first kappa shape index (κ1) is 16.6. The van der Waals surface area contributed by atoms with Gasteiger partial charge in [-0.05, 0) is 44.1 Å². The second kappa shape index (κ2) is 7.12. The lowest BCUT2D eigenvalue weighted by molar-refractivity contribution is 0.192. The van der Waals surface area contributed by atoms with Crippen LogP contribution >= 0.6 is 12.2 Å². The largest absolute Gasteiger partial charge is 0.324 e. The summed E-state index contributed by atoms with van der Waals surface area (Å²) < 4.78 is 16.3. The van der Waals surface area contributed by atoms with Crippen LogP contribution in [0.3, 0.4) is 0 Å². The molecule has 1 saturated heterocycles. The summed E-state index contributed by atoms with van der Waals surface area (Å²) in [6.07, 6.45) is 1.62. The monoisotopic (exact) mass is 349 g/mol. The molecule has 1 aliphatic rings. The highest BCUT2D eigenvalue weighted by molar-refractivity contribution is 7.71. The Morgan fingerprint density at radius 3 is 2.79 bits per heavy atom. The minimum atomic E-state index is -0.431. The molecule has 24 heavy (non-hydrogen) atoms. The second-order valence-corrected chi connectivity index (χ2v) is 6.19. The average molecular weight is 349 g/mol. The number of piperidine rings is 1. The van der Waals surface area contributed by atoms with E-state index in [0.717, 1.165) is 25.2 Å². The Morgan fingerprint density at radius 1 is 1.42 bits per heavy atom. The molecular weight excluding hydrogens is 329 g/mol. The number of para-hydroxylation sites is 1. The average Bonchev–Trinajstić information content (AvgIpc) is 2.97. The highest BCUT2D eigenvalue weighted by Crippen LogP contribution is 2.27. The van der Waals surface area contributed by atoms with E-state index in [-0.39, 0.29) is 17.6 Å². The Bertz CT molecular complexity index is 779. The number of amides is 2. The van der Waals surface area contributed by atoms with E-state index in [4.69, 9.17) is 12.2 Å². The van der Waals surface area contributed by atoms with Crippen molar-refractivity contribution in [2.75, 3.05) is 18.4 Å². The molecule has 0 unspecified atom stereocenters. The third-order valence-corrected chi connectivity index (χ3v) is 4.68. The molecule has 1 aromatic carbocycles. The maximum atomic E-state index is 13.6. The van der Waals surface area contributed by atoms with Crippen molar-refractivity contribution in [2.45, 2.75) is 32.2 Å². The van der Waals surface area contributed by atoms with E-state index < -0.39 is 5.82 Å². The standard InChI is InChI=1S/C16H20FN5OS/c1-2-22-14(19-20-16(22)24)11-7-9-21(10-8-11)15(23)18-13-6-4-3-5-12(13)17/h3-6,11H,2,7-10H2,1H3,(H,18,23)(H,20,24). The van der Waals surface area contributed by atoms with Crippen LogP contribution in [0.25, 0.3) is 0 Å². The predicted octanol–water partition coefficient (Wildman–Crippen LogP) is 3.51. The molecule has 1 aliphatic heterocycles. The van der Waals surface area contributed by atoms with Crippen LogP contribution in [0.15, 0.2) is 24.3 Å². The number of aromatic nitrogens is 3. The van der Waals surface area contributed by atoms with Gasteiger partial charge >= 0.3 is 6.03 Å². The van der Waals surface area contributed by atoms with E-state index >= 15 is 0 Å². The third kappa shape index (κ3) is 3.33. The second-order valence-electron chi connectivity index (χ2n) is 5.80.